The summed E-state index contributed by atoms with van der Waals surface area (Å²) >= 11 is 1.31. The Balaban J connectivity index is 1.50. The molecule has 0 aliphatic carbocycles. The summed E-state index contributed by atoms with van der Waals surface area (Å²) in [4.78, 5) is 33.4. The molecule has 1 aliphatic rings. The molecule has 0 saturated carbocycles. The van der Waals surface area contributed by atoms with Crippen LogP contribution in [0.3, 0.4) is 0 Å². The quantitative estimate of drug-likeness (QED) is 0.334. The van der Waals surface area contributed by atoms with E-state index in [4.69, 9.17) is 9.40 Å². The van der Waals surface area contributed by atoms with E-state index in [0.29, 0.717) is 21.8 Å². The number of para-hydroxylation sites is 2. The average molecular weight is 446 g/mol. The van der Waals surface area contributed by atoms with E-state index in [1.807, 2.05) is 54.3 Å². The minimum Gasteiger partial charge on any atom is -0.467 e. The van der Waals surface area contributed by atoms with E-state index in [-0.39, 0.29) is 24.1 Å². The molecule has 4 aromatic rings. The third-order valence-electron chi connectivity index (χ3n) is 5.80. The van der Waals surface area contributed by atoms with Gasteiger partial charge in [0.05, 0.1) is 29.0 Å². The molecular weight excluding hydrogens is 422 g/mol. The van der Waals surface area contributed by atoms with Gasteiger partial charge in [0.1, 0.15) is 5.76 Å². The van der Waals surface area contributed by atoms with E-state index in [0.717, 1.165) is 12.1 Å². The van der Waals surface area contributed by atoms with Crippen LogP contribution in [0.1, 0.15) is 25.2 Å². The topological polar surface area (TPSA) is 68.3 Å². The molecule has 0 bridgehead atoms. The number of hydrogen-bond donors (Lipinski definition) is 0. The Bertz CT molecular complexity index is 1350. The largest absolute Gasteiger partial charge is 0.467 e. The lowest BCUT2D eigenvalue weighted by Crippen LogP contribution is -2.40. The first kappa shape index (κ1) is 20.6. The number of benzene rings is 2. The van der Waals surface area contributed by atoms with Crippen molar-refractivity contribution >= 4 is 34.3 Å². The second kappa shape index (κ2) is 8.31. The van der Waals surface area contributed by atoms with E-state index in [9.17, 15) is 9.59 Å². The second-order valence-electron chi connectivity index (χ2n) is 8.03. The van der Waals surface area contributed by atoms with Gasteiger partial charge in [-0.05, 0) is 56.2 Å². The lowest BCUT2D eigenvalue weighted by atomic mass is 10.1. The lowest BCUT2D eigenvalue weighted by Gasteiger charge is -2.26. The zero-order valence-electron chi connectivity index (χ0n) is 17.9. The van der Waals surface area contributed by atoms with Crippen LogP contribution in [-0.2, 0) is 17.8 Å². The fraction of sp³-hybridized carbons (Fsp3) is 0.240. The number of aromatic nitrogens is 2. The Morgan fingerprint density at radius 1 is 1.16 bits per heavy atom. The zero-order valence-corrected chi connectivity index (χ0v) is 18.7. The number of furan rings is 1. The molecule has 0 unspecified atom stereocenters. The predicted octanol–water partition coefficient (Wildman–Crippen LogP) is 4.50. The molecule has 2 aromatic heterocycles. The Hall–Kier alpha value is -3.32. The van der Waals surface area contributed by atoms with Crippen molar-refractivity contribution in [3.63, 3.8) is 0 Å². The van der Waals surface area contributed by atoms with Gasteiger partial charge in [-0.1, -0.05) is 42.1 Å². The maximum Gasteiger partial charge on any atom is 0.262 e. The predicted molar refractivity (Wildman–Crippen MR) is 126 cm³/mol. The van der Waals surface area contributed by atoms with Crippen LogP contribution < -0.4 is 10.5 Å². The van der Waals surface area contributed by atoms with Gasteiger partial charge in [-0.3, -0.25) is 14.2 Å². The highest BCUT2D eigenvalue weighted by atomic mass is 32.2. The zero-order chi connectivity index (χ0) is 22.2. The minimum absolute atomic E-state index is 0.0133. The smallest absolute Gasteiger partial charge is 0.262 e. The van der Waals surface area contributed by atoms with Gasteiger partial charge in [0.15, 0.2) is 5.16 Å². The SMILES string of the molecule is C[C@@H](Sc1nc2ccccc2c(=O)n1Cc1ccco1)C(=O)N1c2ccccc2C[C@@H]1C. The van der Waals surface area contributed by atoms with Gasteiger partial charge in [-0.2, -0.15) is 0 Å². The number of thioether (sulfide) groups is 1. The Morgan fingerprint density at radius 3 is 2.75 bits per heavy atom. The van der Waals surface area contributed by atoms with Crippen LogP contribution >= 0.6 is 11.8 Å². The number of carbonyl (C=O) groups is 1. The first-order chi connectivity index (χ1) is 15.5. The summed E-state index contributed by atoms with van der Waals surface area (Å²) in [7, 11) is 0. The molecule has 32 heavy (non-hydrogen) atoms. The number of amides is 1. The van der Waals surface area contributed by atoms with Gasteiger partial charge >= 0.3 is 0 Å². The highest BCUT2D eigenvalue weighted by Crippen LogP contribution is 2.34. The molecule has 6 nitrogen and oxygen atoms in total. The Labute approximate surface area is 189 Å². The summed E-state index contributed by atoms with van der Waals surface area (Å²) in [5, 5.41) is 0.634. The summed E-state index contributed by atoms with van der Waals surface area (Å²) in [6.45, 7) is 4.20. The molecule has 1 aliphatic heterocycles. The fourth-order valence-corrected chi connectivity index (χ4v) is 5.20. The number of carbonyl (C=O) groups excluding carboxylic acids is 1. The fourth-order valence-electron chi connectivity index (χ4n) is 4.24. The lowest BCUT2D eigenvalue weighted by molar-refractivity contribution is -0.118. The highest BCUT2D eigenvalue weighted by molar-refractivity contribution is 8.00. The first-order valence-corrected chi connectivity index (χ1v) is 11.5. The normalized spacial score (nSPS) is 16.3. The minimum atomic E-state index is -0.417. The molecule has 162 valence electrons. The maximum absolute atomic E-state index is 13.5. The molecule has 0 fully saturated rings. The molecule has 7 heteroatoms. The monoisotopic (exact) mass is 445 g/mol. The Morgan fingerprint density at radius 2 is 1.94 bits per heavy atom. The number of nitrogens with zero attached hydrogens (tertiary/aromatic N) is 3. The molecule has 5 rings (SSSR count). The van der Waals surface area contributed by atoms with E-state index in [1.54, 1.807) is 23.0 Å². The van der Waals surface area contributed by atoms with Crippen molar-refractivity contribution in [2.75, 3.05) is 4.90 Å². The maximum atomic E-state index is 13.5. The van der Waals surface area contributed by atoms with E-state index in [1.165, 1.54) is 17.3 Å². The number of rotatable bonds is 5. The standard InChI is InChI=1S/C25H23N3O3S/c1-16-14-18-8-3-6-12-22(18)28(16)23(29)17(2)32-25-26-21-11-5-4-10-20(21)24(30)27(25)15-19-9-7-13-31-19/h3-13,16-17H,14-15H2,1-2H3/t16-,17+/m0/s1. The molecule has 3 heterocycles. The molecule has 2 aromatic carbocycles. The van der Waals surface area contributed by atoms with Gasteiger partial charge in [0.2, 0.25) is 5.91 Å². The van der Waals surface area contributed by atoms with Crippen LogP contribution in [0.5, 0.6) is 0 Å². The van der Waals surface area contributed by atoms with Crippen molar-refractivity contribution in [2.24, 2.45) is 0 Å². The third-order valence-corrected chi connectivity index (χ3v) is 6.87. The number of hydrogen-bond acceptors (Lipinski definition) is 5. The third kappa shape index (κ3) is 3.62. The number of fused-ring (bicyclic) bond motifs is 2. The van der Waals surface area contributed by atoms with Crippen molar-refractivity contribution in [1.29, 1.82) is 0 Å². The number of anilines is 1. The summed E-state index contributed by atoms with van der Waals surface area (Å²) in [6, 6.07) is 19.0. The van der Waals surface area contributed by atoms with Crippen molar-refractivity contribution in [3.8, 4) is 0 Å². The first-order valence-electron chi connectivity index (χ1n) is 10.6. The van der Waals surface area contributed by atoms with Gasteiger partial charge in [0.25, 0.3) is 5.56 Å². The van der Waals surface area contributed by atoms with Crippen LogP contribution in [0, 0.1) is 0 Å². The molecular formula is C25H23N3O3S. The van der Waals surface area contributed by atoms with E-state index < -0.39 is 5.25 Å². The molecule has 2 atom stereocenters. The van der Waals surface area contributed by atoms with Crippen molar-refractivity contribution in [3.05, 3.63) is 88.6 Å². The summed E-state index contributed by atoms with van der Waals surface area (Å²) in [5.41, 5.74) is 2.63. The van der Waals surface area contributed by atoms with Crippen LogP contribution in [0.25, 0.3) is 10.9 Å². The van der Waals surface area contributed by atoms with Gasteiger partial charge < -0.3 is 9.32 Å². The van der Waals surface area contributed by atoms with Crippen molar-refractivity contribution in [2.45, 2.75) is 43.3 Å². The molecule has 0 N–H and O–H groups in total. The second-order valence-corrected chi connectivity index (χ2v) is 9.34. The van der Waals surface area contributed by atoms with Gasteiger partial charge in [-0.15, -0.1) is 0 Å². The molecule has 0 spiro atoms. The molecule has 0 radical (unpaired) electrons. The van der Waals surface area contributed by atoms with Crippen LogP contribution in [-0.4, -0.2) is 26.8 Å². The van der Waals surface area contributed by atoms with Crippen molar-refractivity contribution < 1.29 is 9.21 Å². The molecule has 1 amide bonds. The summed E-state index contributed by atoms with van der Waals surface area (Å²) < 4.78 is 7.07. The van der Waals surface area contributed by atoms with Gasteiger partial charge in [0, 0.05) is 11.7 Å². The van der Waals surface area contributed by atoms with Crippen LogP contribution in [0.4, 0.5) is 5.69 Å². The summed E-state index contributed by atoms with van der Waals surface area (Å²) in [6.07, 6.45) is 2.43. The van der Waals surface area contributed by atoms with E-state index in [2.05, 4.69) is 13.0 Å². The van der Waals surface area contributed by atoms with Gasteiger partial charge in [-0.25, -0.2) is 4.98 Å². The van der Waals surface area contributed by atoms with Crippen molar-refractivity contribution in [1.82, 2.24) is 9.55 Å². The Kier molecular flexibility index (Phi) is 5.35. The highest BCUT2D eigenvalue weighted by Gasteiger charge is 2.34. The summed E-state index contributed by atoms with van der Waals surface area (Å²) in [5.74, 6) is 0.673. The average Bonchev–Trinajstić information content (AvgIpc) is 3.42. The van der Waals surface area contributed by atoms with E-state index >= 15 is 0 Å². The molecule has 0 saturated heterocycles. The van der Waals surface area contributed by atoms with Crippen LogP contribution in [0.2, 0.25) is 0 Å². The van der Waals surface area contributed by atoms with Crippen LogP contribution in [0.15, 0.2) is 81.3 Å².